The largest absolute Gasteiger partial charge is 0.298 e. The summed E-state index contributed by atoms with van der Waals surface area (Å²) in [6.07, 6.45) is 1.56. The van der Waals surface area contributed by atoms with Gasteiger partial charge in [-0.2, -0.15) is 10.1 Å². The highest BCUT2D eigenvalue weighted by Crippen LogP contribution is 2.28. The number of aromatic amines is 1. The summed E-state index contributed by atoms with van der Waals surface area (Å²) in [6, 6.07) is 26.3. The van der Waals surface area contributed by atoms with Crippen LogP contribution in [0.5, 0.6) is 0 Å². The zero-order chi connectivity index (χ0) is 24.9. The fourth-order valence-electron chi connectivity index (χ4n) is 3.74. The van der Waals surface area contributed by atoms with E-state index >= 15 is 0 Å². The minimum atomic E-state index is -0.598. The number of amides is 1. The molecular weight excluding hydrogens is 472 g/mol. The van der Waals surface area contributed by atoms with Gasteiger partial charge in [0.05, 0.1) is 17.1 Å². The van der Waals surface area contributed by atoms with Crippen LogP contribution in [0, 0.1) is 5.92 Å². The third-order valence-electron chi connectivity index (χ3n) is 5.60. The Morgan fingerprint density at radius 1 is 0.944 bits per heavy atom. The number of benzene rings is 3. The molecule has 2 heterocycles. The lowest BCUT2D eigenvalue weighted by Gasteiger charge is -2.12. The fraction of sp³-hybridized carbons (Fsp3) is 0.111. The van der Waals surface area contributed by atoms with E-state index in [0.29, 0.717) is 33.6 Å². The van der Waals surface area contributed by atoms with E-state index in [0.717, 1.165) is 5.56 Å². The summed E-state index contributed by atoms with van der Waals surface area (Å²) in [5.41, 5.74) is 3.32. The number of anilines is 1. The molecule has 36 heavy (non-hydrogen) atoms. The molecule has 0 bridgehead atoms. The lowest BCUT2D eigenvalue weighted by Crippen LogP contribution is -2.27. The van der Waals surface area contributed by atoms with Crippen molar-refractivity contribution in [2.45, 2.75) is 17.8 Å². The Hall–Kier alpha value is -4.37. The number of H-pyrrole nitrogens is 1. The average molecular weight is 495 g/mol. The lowest BCUT2D eigenvalue weighted by molar-refractivity contribution is -0.118. The quantitative estimate of drug-likeness (QED) is 0.292. The molecule has 0 aliphatic carbocycles. The highest BCUT2D eigenvalue weighted by Gasteiger charge is 2.33. The van der Waals surface area contributed by atoms with Gasteiger partial charge in [0.25, 0.3) is 11.5 Å². The zero-order valence-corrected chi connectivity index (χ0v) is 20.2. The van der Waals surface area contributed by atoms with Crippen molar-refractivity contribution in [3.8, 4) is 11.3 Å². The van der Waals surface area contributed by atoms with Gasteiger partial charge in [0.1, 0.15) is 5.92 Å². The van der Waals surface area contributed by atoms with Crippen molar-refractivity contribution in [1.29, 1.82) is 0 Å². The van der Waals surface area contributed by atoms with Crippen LogP contribution in [-0.2, 0) is 10.5 Å². The maximum Gasteiger partial charge on any atom is 0.278 e. The maximum absolute atomic E-state index is 13.0. The standard InChI is InChI=1S/C27H22N6O2S/c1-18-22(26(35)33(32-18)20-12-6-3-7-13-20)16-28-23-15-9-8-14-21(23)24-25(34)29-27(31-30-24)36-17-19-10-4-2-5-11-19/h2-16,22H,17H2,1H3,(H,29,31,34). The van der Waals surface area contributed by atoms with Crippen LogP contribution in [0.15, 0.2) is 105 Å². The van der Waals surface area contributed by atoms with E-state index in [1.54, 1.807) is 31.3 Å². The van der Waals surface area contributed by atoms with Crippen LogP contribution in [0.1, 0.15) is 12.5 Å². The van der Waals surface area contributed by atoms with Crippen molar-refractivity contribution >= 4 is 41.0 Å². The number of hydrazone groups is 1. The van der Waals surface area contributed by atoms with Crippen molar-refractivity contribution in [3.05, 3.63) is 101 Å². The third kappa shape index (κ3) is 5.01. The predicted octanol–water partition coefficient (Wildman–Crippen LogP) is 4.87. The Bertz CT molecular complexity index is 1500. The number of hydrogen-bond donors (Lipinski definition) is 1. The number of rotatable bonds is 7. The molecule has 0 spiro atoms. The molecule has 5 rings (SSSR count). The first kappa shape index (κ1) is 23.4. The van der Waals surface area contributed by atoms with Crippen molar-refractivity contribution in [2.24, 2.45) is 16.0 Å². The molecule has 1 aliphatic rings. The first-order chi connectivity index (χ1) is 17.6. The summed E-state index contributed by atoms with van der Waals surface area (Å²) in [5.74, 6) is -0.112. The number of hydrogen-bond acceptors (Lipinski definition) is 7. The first-order valence-electron chi connectivity index (χ1n) is 11.3. The van der Waals surface area contributed by atoms with Crippen LogP contribution in [0.2, 0.25) is 0 Å². The predicted molar refractivity (Wildman–Crippen MR) is 143 cm³/mol. The number of thioether (sulfide) groups is 1. The summed E-state index contributed by atoms with van der Waals surface area (Å²) >= 11 is 1.41. The summed E-state index contributed by atoms with van der Waals surface area (Å²) < 4.78 is 0. The SMILES string of the molecule is CC1=NN(c2ccccc2)C(=O)C1C=Nc1ccccc1-c1nnc(SCc2ccccc2)[nH]c1=O. The molecule has 3 aromatic carbocycles. The highest BCUT2D eigenvalue weighted by atomic mass is 32.2. The van der Waals surface area contributed by atoms with Gasteiger partial charge in [-0.15, -0.1) is 10.2 Å². The van der Waals surface area contributed by atoms with Crippen molar-refractivity contribution < 1.29 is 4.79 Å². The molecule has 178 valence electrons. The van der Waals surface area contributed by atoms with Gasteiger partial charge in [0, 0.05) is 17.5 Å². The van der Waals surface area contributed by atoms with Gasteiger partial charge in [0.15, 0.2) is 10.9 Å². The second-order valence-electron chi connectivity index (χ2n) is 8.08. The molecule has 0 saturated heterocycles. The second kappa shape index (κ2) is 10.5. The molecule has 1 aromatic heterocycles. The molecule has 0 radical (unpaired) electrons. The van der Waals surface area contributed by atoms with E-state index in [2.05, 4.69) is 25.3 Å². The minimum Gasteiger partial charge on any atom is -0.298 e. The van der Waals surface area contributed by atoms with Crippen molar-refractivity contribution in [3.63, 3.8) is 0 Å². The molecule has 1 unspecified atom stereocenters. The maximum atomic E-state index is 13.0. The molecule has 9 heteroatoms. The first-order valence-corrected chi connectivity index (χ1v) is 12.3. The van der Waals surface area contributed by atoms with Crippen LogP contribution in [0.3, 0.4) is 0 Å². The number of nitrogens with one attached hydrogen (secondary N) is 1. The van der Waals surface area contributed by atoms with E-state index in [4.69, 9.17) is 0 Å². The number of aromatic nitrogens is 3. The molecule has 1 aliphatic heterocycles. The summed E-state index contributed by atoms with van der Waals surface area (Å²) in [6.45, 7) is 1.80. The minimum absolute atomic E-state index is 0.167. The van der Waals surface area contributed by atoms with Gasteiger partial charge in [-0.3, -0.25) is 19.6 Å². The molecule has 1 N–H and O–H groups in total. The monoisotopic (exact) mass is 494 g/mol. The van der Waals surface area contributed by atoms with Gasteiger partial charge in [-0.1, -0.05) is 78.5 Å². The lowest BCUT2D eigenvalue weighted by atomic mass is 10.1. The van der Waals surface area contributed by atoms with Gasteiger partial charge in [-0.25, -0.2) is 0 Å². The second-order valence-corrected chi connectivity index (χ2v) is 9.05. The molecule has 0 fully saturated rings. The third-order valence-corrected chi connectivity index (χ3v) is 6.53. The summed E-state index contributed by atoms with van der Waals surface area (Å²) in [4.78, 5) is 33.2. The number of para-hydroxylation sites is 2. The highest BCUT2D eigenvalue weighted by molar-refractivity contribution is 7.98. The Morgan fingerprint density at radius 3 is 2.39 bits per heavy atom. The van der Waals surface area contributed by atoms with E-state index in [1.807, 2.05) is 66.7 Å². The molecule has 0 saturated carbocycles. The molecule has 8 nitrogen and oxygen atoms in total. The number of carbonyl (C=O) groups is 1. The summed E-state index contributed by atoms with van der Waals surface area (Å²) in [5, 5.41) is 14.6. The van der Waals surface area contributed by atoms with Crippen LogP contribution in [0.4, 0.5) is 11.4 Å². The Kier molecular flexibility index (Phi) is 6.81. The number of carbonyl (C=O) groups excluding carboxylic acids is 1. The molecule has 4 aromatic rings. The van der Waals surface area contributed by atoms with Crippen LogP contribution < -0.4 is 10.6 Å². The van der Waals surface area contributed by atoms with Crippen LogP contribution in [-0.4, -0.2) is 33.0 Å². The van der Waals surface area contributed by atoms with Crippen LogP contribution in [0.25, 0.3) is 11.3 Å². The smallest absolute Gasteiger partial charge is 0.278 e. The van der Waals surface area contributed by atoms with Crippen molar-refractivity contribution in [1.82, 2.24) is 15.2 Å². The van der Waals surface area contributed by atoms with E-state index < -0.39 is 5.92 Å². The molecule has 1 atom stereocenters. The fourth-order valence-corrected chi connectivity index (χ4v) is 4.50. The van der Waals surface area contributed by atoms with Gasteiger partial charge >= 0.3 is 0 Å². The topological polar surface area (TPSA) is 104 Å². The summed E-state index contributed by atoms with van der Waals surface area (Å²) in [7, 11) is 0. The number of aliphatic imine (C=N–C) groups is 1. The van der Waals surface area contributed by atoms with Gasteiger partial charge < -0.3 is 0 Å². The normalized spacial score (nSPS) is 15.5. The van der Waals surface area contributed by atoms with E-state index in [9.17, 15) is 9.59 Å². The Balaban J connectivity index is 1.36. The zero-order valence-electron chi connectivity index (χ0n) is 19.4. The van der Waals surface area contributed by atoms with Crippen molar-refractivity contribution in [2.75, 3.05) is 5.01 Å². The Labute approximate surface area is 211 Å². The van der Waals surface area contributed by atoms with E-state index in [1.165, 1.54) is 16.8 Å². The van der Waals surface area contributed by atoms with Gasteiger partial charge in [0.2, 0.25) is 0 Å². The van der Waals surface area contributed by atoms with Crippen LogP contribution >= 0.6 is 11.8 Å². The Morgan fingerprint density at radius 2 is 1.64 bits per heavy atom. The molecular formula is C27H22N6O2S. The molecule has 1 amide bonds. The average Bonchev–Trinajstić information content (AvgIpc) is 3.20. The van der Waals surface area contributed by atoms with E-state index in [-0.39, 0.29) is 17.2 Å². The number of nitrogens with zero attached hydrogens (tertiary/aromatic N) is 5. The van der Waals surface area contributed by atoms with Gasteiger partial charge in [-0.05, 0) is 30.7 Å².